The highest BCUT2D eigenvalue weighted by molar-refractivity contribution is 6.50. The largest absolute Gasteiger partial charge is 0.544 e. The van der Waals surface area contributed by atoms with Gasteiger partial charge in [-0.05, 0) is 33.9 Å². The van der Waals surface area contributed by atoms with E-state index in [9.17, 15) is 0 Å². The van der Waals surface area contributed by atoms with Crippen LogP contribution in [0.2, 0.25) is 13.1 Å². The third-order valence-electron chi connectivity index (χ3n) is 1.93. The summed E-state index contributed by atoms with van der Waals surface area (Å²) < 4.78 is 22.2. The molecule has 0 saturated heterocycles. The predicted molar refractivity (Wildman–Crippen MR) is 81.3 cm³/mol. The van der Waals surface area contributed by atoms with Gasteiger partial charge < -0.3 is 18.3 Å². The lowest BCUT2D eigenvalue weighted by molar-refractivity contribution is 0.0176. The molecule has 0 saturated carbocycles. The standard InChI is InChI=1S/C13H26O4Si2/c1-11(2)16-18(6)9-14-8-13(5)15-10-19(7)17-12(3)4/h13H,1,3,8-10H2,2,4-7H3. The summed E-state index contributed by atoms with van der Waals surface area (Å²) in [5.74, 6) is 1.50. The van der Waals surface area contributed by atoms with Gasteiger partial charge in [-0.3, -0.25) is 0 Å². The second-order valence-corrected chi connectivity index (χ2v) is 8.44. The zero-order chi connectivity index (χ0) is 14.8. The number of ether oxygens (including phenoxy) is 2. The van der Waals surface area contributed by atoms with Crippen molar-refractivity contribution in [3.05, 3.63) is 24.7 Å². The van der Waals surface area contributed by atoms with Crippen LogP contribution in [0.15, 0.2) is 24.7 Å². The summed E-state index contributed by atoms with van der Waals surface area (Å²) in [6.45, 7) is 17.8. The maximum absolute atomic E-state index is 5.67. The minimum atomic E-state index is -0.948. The summed E-state index contributed by atoms with van der Waals surface area (Å²) in [5.41, 5.74) is 0. The molecule has 0 fully saturated rings. The summed E-state index contributed by atoms with van der Waals surface area (Å²) in [5, 5.41) is 0. The van der Waals surface area contributed by atoms with E-state index in [0.717, 1.165) is 11.5 Å². The van der Waals surface area contributed by atoms with Crippen LogP contribution in [0.25, 0.3) is 0 Å². The Kier molecular flexibility index (Phi) is 9.94. The first-order valence-electron chi connectivity index (χ1n) is 6.32. The Morgan fingerprint density at radius 1 is 1.00 bits per heavy atom. The van der Waals surface area contributed by atoms with Crippen LogP contribution in [0.3, 0.4) is 0 Å². The molecule has 0 aromatic carbocycles. The van der Waals surface area contributed by atoms with Crippen molar-refractivity contribution in [1.82, 2.24) is 0 Å². The van der Waals surface area contributed by atoms with Gasteiger partial charge in [-0.25, -0.2) is 0 Å². The first-order chi connectivity index (χ1) is 8.81. The van der Waals surface area contributed by atoms with Gasteiger partial charge in [-0.1, -0.05) is 13.2 Å². The van der Waals surface area contributed by atoms with Crippen molar-refractivity contribution in [3.63, 3.8) is 0 Å². The van der Waals surface area contributed by atoms with Gasteiger partial charge in [0.15, 0.2) is 0 Å². The predicted octanol–water partition coefficient (Wildman–Crippen LogP) is 2.83. The Balaban J connectivity index is 3.61. The molecule has 110 valence electrons. The van der Waals surface area contributed by atoms with Gasteiger partial charge in [0.2, 0.25) is 0 Å². The summed E-state index contributed by atoms with van der Waals surface area (Å²) >= 11 is 0. The molecule has 0 aliphatic carbocycles. The summed E-state index contributed by atoms with van der Waals surface area (Å²) in [6.07, 6.45) is 1.33. The molecule has 0 heterocycles. The topological polar surface area (TPSA) is 36.9 Å². The van der Waals surface area contributed by atoms with Crippen molar-refractivity contribution in [1.29, 1.82) is 0 Å². The van der Waals surface area contributed by atoms with E-state index in [-0.39, 0.29) is 6.10 Å². The van der Waals surface area contributed by atoms with Crippen molar-refractivity contribution < 1.29 is 18.3 Å². The zero-order valence-corrected chi connectivity index (χ0v) is 14.7. The summed E-state index contributed by atoms with van der Waals surface area (Å²) in [4.78, 5) is 0. The molecule has 1 unspecified atom stereocenters. The first-order valence-corrected chi connectivity index (χ1v) is 10.5. The summed E-state index contributed by atoms with van der Waals surface area (Å²) in [7, 11) is -1.89. The van der Waals surface area contributed by atoms with Gasteiger partial charge in [0, 0.05) is 0 Å². The molecule has 0 aromatic rings. The molecule has 19 heavy (non-hydrogen) atoms. The van der Waals surface area contributed by atoms with Crippen LogP contribution in [0.4, 0.5) is 0 Å². The first kappa shape index (κ1) is 18.4. The van der Waals surface area contributed by atoms with E-state index < -0.39 is 18.1 Å². The van der Waals surface area contributed by atoms with Gasteiger partial charge in [-0.2, -0.15) is 0 Å². The Hall–Kier alpha value is -0.566. The summed E-state index contributed by atoms with van der Waals surface area (Å²) in [6, 6.07) is 0. The van der Waals surface area contributed by atoms with Crippen LogP contribution in [-0.2, 0) is 18.3 Å². The van der Waals surface area contributed by atoms with Gasteiger partial charge in [0.1, 0.15) is 0 Å². The molecule has 0 aromatic heterocycles. The molecule has 1 atom stereocenters. The van der Waals surface area contributed by atoms with Gasteiger partial charge in [0.25, 0.3) is 0 Å². The van der Waals surface area contributed by atoms with Crippen LogP contribution in [0, 0.1) is 0 Å². The average Bonchev–Trinajstić information content (AvgIpc) is 2.24. The maximum atomic E-state index is 5.67. The van der Waals surface area contributed by atoms with E-state index >= 15 is 0 Å². The molecule has 0 bridgehead atoms. The van der Waals surface area contributed by atoms with E-state index in [1.807, 2.05) is 20.8 Å². The van der Waals surface area contributed by atoms with Crippen LogP contribution in [-0.4, -0.2) is 43.3 Å². The average molecular weight is 303 g/mol. The van der Waals surface area contributed by atoms with Crippen molar-refractivity contribution >= 4 is 18.1 Å². The van der Waals surface area contributed by atoms with Gasteiger partial charge >= 0.3 is 18.1 Å². The van der Waals surface area contributed by atoms with Crippen LogP contribution >= 0.6 is 0 Å². The lowest BCUT2D eigenvalue weighted by atomic mass is 10.4. The molecule has 0 aliphatic heterocycles. The minimum Gasteiger partial charge on any atom is -0.544 e. The Morgan fingerprint density at radius 2 is 1.47 bits per heavy atom. The lowest BCUT2D eigenvalue weighted by Crippen LogP contribution is -2.28. The van der Waals surface area contributed by atoms with E-state index in [1.165, 1.54) is 0 Å². The van der Waals surface area contributed by atoms with Crippen LogP contribution in [0.5, 0.6) is 0 Å². The number of allylic oxidation sites excluding steroid dienone is 2. The van der Waals surface area contributed by atoms with Gasteiger partial charge in [-0.15, -0.1) is 0 Å². The lowest BCUT2D eigenvalue weighted by Gasteiger charge is -2.18. The van der Waals surface area contributed by atoms with Crippen molar-refractivity contribution in [3.8, 4) is 0 Å². The van der Waals surface area contributed by atoms with Crippen molar-refractivity contribution in [2.45, 2.75) is 40.0 Å². The normalized spacial score (nSPS) is 12.6. The maximum Gasteiger partial charge on any atom is 0.303 e. The van der Waals surface area contributed by atoms with E-state index in [1.54, 1.807) is 0 Å². The van der Waals surface area contributed by atoms with Crippen molar-refractivity contribution in [2.75, 3.05) is 19.1 Å². The Morgan fingerprint density at radius 3 is 1.95 bits per heavy atom. The third kappa shape index (κ3) is 12.2. The fraction of sp³-hybridized carbons (Fsp3) is 0.692. The molecule has 4 nitrogen and oxygen atoms in total. The molecule has 0 spiro atoms. The second kappa shape index (κ2) is 10.2. The minimum absolute atomic E-state index is 0.0632. The molecule has 2 radical (unpaired) electrons. The zero-order valence-electron chi connectivity index (χ0n) is 12.7. The number of rotatable bonds is 11. The fourth-order valence-electron chi connectivity index (χ4n) is 1.33. The fourth-order valence-corrected chi connectivity index (χ4v) is 3.56. The monoisotopic (exact) mass is 302 g/mol. The Bertz CT molecular complexity index is 284. The molecule has 6 heteroatoms. The highest BCUT2D eigenvalue weighted by atomic mass is 28.3. The smallest absolute Gasteiger partial charge is 0.303 e. The molecular formula is C13H26O4Si2. The Labute approximate surface area is 120 Å². The molecule has 0 N–H and O–H groups in total. The number of hydrogen-bond donors (Lipinski definition) is 0. The van der Waals surface area contributed by atoms with E-state index in [2.05, 4.69) is 26.3 Å². The second-order valence-electron chi connectivity index (χ2n) is 4.65. The third-order valence-corrected chi connectivity index (χ3v) is 4.50. The quantitative estimate of drug-likeness (QED) is 0.434. The molecular weight excluding hydrogens is 276 g/mol. The SMILES string of the molecule is C=C(C)O[Si](C)COCC(C)OC[Si](C)OC(=C)C. The van der Waals surface area contributed by atoms with Gasteiger partial charge in [0.05, 0.1) is 36.7 Å². The van der Waals surface area contributed by atoms with Crippen LogP contribution < -0.4 is 0 Å². The molecule has 0 amide bonds. The molecule has 0 aliphatic rings. The van der Waals surface area contributed by atoms with Crippen molar-refractivity contribution in [2.24, 2.45) is 0 Å². The molecule has 0 rings (SSSR count). The highest BCUT2D eigenvalue weighted by Crippen LogP contribution is 2.01. The van der Waals surface area contributed by atoms with E-state index in [4.69, 9.17) is 18.3 Å². The number of hydrogen-bond acceptors (Lipinski definition) is 4. The highest BCUT2D eigenvalue weighted by Gasteiger charge is 2.13. The van der Waals surface area contributed by atoms with Crippen LogP contribution in [0.1, 0.15) is 20.8 Å². The van der Waals surface area contributed by atoms with E-state index in [0.29, 0.717) is 19.1 Å².